The highest BCUT2D eigenvalue weighted by molar-refractivity contribution is 6.00. The van der Waals surface area contributed by atoms with Crippen LogP contribution in [0.4, 0.5) is 5.82 Å². The van der Waals surface area contributed by atoms with E-state index >= 15 is 0 Å². The monoisotopic (exact) mass is 376 g/mol. The lowest BCUT2D eigenvalue weighted by Gasteiger charge is -2.38. The number of hydrogen-bond donors (Lipinski definition) is 1. The number of aromatic nitrogens is 2. The third-order valence-corrected chi connectivity index (χ3v) is 5.27. The van der Waals surface area contributed by atoms with Crippen molar-refractivity contribution in [2.45, 2.75) is 32.7 Å². The molecule has 1 aromatic carbocycles. The molecule has 142 valence electrons. The Hall–Kier alpha value is -3.40. The van der Waals surface area contributed by atoms with Gasteiger partial charge in [0.15, 0.2) is 5.78 Å². The summed E-state index contributed by atoms with van der Waals surface area (Å²) in [6.07, 6.45) is 2.67. The first-order chi connectivity index (χ1) is 13.3. The number of allylic oxidation sites excluding steroid dienone is 2. The van der Waals surface area contributed by atoms with Crippen molar-refractivity contribution < 1.29 is 14.3 Å². The topological polar surface area (TPSA) is 97.0 Å². The van der Waals surface area contributed by atoms with Gasteiger partial charge >= 0.3 is 5.97 Å². The average molecular weight is 376 g/mol. The second kappa shape index (κ2) is 6.34. The standard InChI is InChI=1S/C21H20N4O3/c1-21(2)8-15-17(16(26)9-21)18(25-19(24-15)14(10-22)11-23-25)12-4-6-13(7-5-12)20(27)28-3/h4-7,11,18,24H,8-9H2,1-3H3/t18-/m1/s1. The number of esters is 1. The van der Waals surface area contributed by atoms with E-state index in [-0.39, 0.29) is 11.2 Å². The predicted octanol–water partition coefficient (Wildman–Crippen LogP) is 3.20. The third-order valence-electron chi connectivity index (χ3n) is 5.27. The fourth-order valence-electron chi connectivity index (χ4n) is 4.02. The van der Waals surface area contributed by atoms with Crippen LogP contribution in [0.25, 0.3) is 0 Å². The quantitative estimate of drug-likeness (QED) is 0.809. The molecule has 0 saturated heterocycles. The molecular formula is C21H20N4O3. The molecule has 7 nitrogen and oxygen atoms in total. The molecule has 0 fully saturated rings. The molecular weight excluding hydrogens is 356 g/mol. The van der Waals surface area contributed by atoms with E-state index in [1.807, 2.05) is 0 Å². The van der Waals surface area contributed by atoms with Crippen LogP contribution in [0.5, 0.6) is 0 Å². The van der Waals surface area contributed by atoms with Crippen LogP contribution in [0, 0.1) is 16.7 Å². The lowest BCUT2D eigenvalue weighted by atomic mass is 9.73. The number of Topliss-reactive ketones (excluding diaryl/α,β-unsaturated/α-hetero) is 1. The lowest BCUT2D eigenvalue weighted by Crippen LogP contribution is -2.36. The highest BCUT2D eigenvalue weighted by atomic mass is 16.5. The van der Waals surface area contributed by atoms with Crippen LogP contribution in [-0.2, 0) is 9.53 Å². The minimum absolute atomic E-state index is 0.0699. The number of ketones is 1. The van der Waals surface area contributed by atoms with Crippen LogP contribution in [0.1, 0.15) is 54.2 Å². The van der Waals surface area contributed by atoms with Crippen molar-refractivity contribution >= 4 is 17.6 Å². The molecule has 0 spiro atoms. The van der Waals surface area contributed by atoms with Crippen molar-refractivity contribution in [3.63, 3.8) is 0 Å². The molecule has 1 N–H and O–H groups in total. The molecule has 2 aliphatic rings. The number of carbonyl (C=O) groups excluding carboxylic acids is 2. The Morgan fingerprint density at radius 2 is 2.04 bits per heavy atom. The first-order valence-corrected chi connectivity index (χ1v) is 9.04. The number of fused-ring (bicyclic) bond motifs is 1. The largest absolute Gasteiger partial charge is 0.465 e. The molecule has 0 unspecified atom stereocenters. The summed E-state index contributed by atoms with van der Waals surface area (Å²) in [4.78, 5) is 24.8. The van der Waals surface area contributed by atoms with Crippen molar-refractivity contribution in [1.29, 1.82) is 5.26 Å². The van der Waals surface area contributed by atoms with E-state index in [0.717, 1.165) is 11.3 Å². The van der Waals surface area contributed by atoms with E-state index in [0.29, 0.717) is 35.4 Å². The average Bonchev–Trinajstić information content (AvgIpc) is 3.07. The SMILES string of the molecule is COC(=O)c1ccc([C@@H]2C3=C(CC(C)(C)CC3=O)Nc3c(C#N)cnn32)cc1. The molecule has 1 atom stereocenters. The normalized spacial score (nSPS) is 19.9. The maximum Gasteiger partial charge on any atom is 0.337 e. The summed E-state index contributed by atoms with van der Waals surface area (Å²) in [6.45, 7) is 4.13. The highest BCUT2D eigenvalue weighted by Gasteiger charge is 2.41. The molecule has 0 radical (unpaired) electrons. The van der Waals surface area contributed by atoms with Crippen LogP contribution >= 0.6 is 0 Å². The maximum atomic E-state index is 13.1. The Morgan fingerprint density at radius 1 is 1.32 bits per heavy atom. The van der Waals surface area contributed by atoms with Gasteiger partial charge in [0.25, 0.3) is 0 Å². The number of rotatable bonds is 2. The highest BCUT2D eigenvalue weighted by Crippen LogP contribution is 2.46. The zero-order chi connectivity index (χ0) is 20.1. The number of nitrogens with one attached hydrogen (secondary N) is 1. The maximum absolute atomic E-state index is 13.1. The van der Waals surface area contributed by atoms with Crippen molar-refractivity contribution in [1.82, 2.24) is 9.78 Å². The Bertz CT molecular complexity index is 1050. The number of ether oxygens (including phenoxy) is 1. The van der Waals surface area contributed by atoms with Crippen molar-refractivity contribution in [2.24, 2.45) is 5.41 Å². The molecule has 28 heavy (non-hydrogen) atoms. The van der Waals surface area contributed by atoms with Gasteiger partial charge < -0.3 is 10.1 Å². The smallest absolute Gasteiger partial charge is 0.337 e. The first kappa shape index (κ1) is 18.0. The first-order valence-electron chi connectivity index (χ1n) is 9.04. The van der Waals surface area contributed by atoms with E-state index in [1.165, 1.54) is 13.3 Å². The Kier molecular flexibility index (Phi) is 4.07. The van der Waals surface area contributed by atoms with Crippen LogP contribution in [-0.4, -0.2) is 28.6 Å². The molecule has 2 aromatic rings. The minimum atomic E-state index is -0.441. The summed E-state index contributed by atoms with van der Waals surface area (Å²) in [7, 11) is 1.34. The number of nitriles is 1. The van der Waals surface area contributed by atoms with Gasteiger partial charge in [-0.25, -0.2) is 9.48 Å². The summed E-state index contributed by atoms with van der Waals surface area (Å²) >= 11 is 0. The second-order valence-corrected chi connectivity index (χ2v) is 7.94. The van der Waals surface area contributed by atoms with E-state index in [9.17, 15) is 14.9 Å². The van der Waals surface area contributed by atoms with Gasteiger partial charge in [0.2, 0.25) is 0 Å². The molecule has 1 aliphatic carbocycles. The Labute approximate surface area is 162 Å². The zero-order valence-corrected chi connectivity index (χ0v) is 15.9. The van der Waals surface area contributed by atoms with Gasteiger partial charge in [-0.3, -0.25) is 4.79 Å². The Balaban J connectivity index is 1.87. The van der Waals surface area contributed by atoms with Gasteiger partial charge in [0.1, 0.15) is 23.5 Å². The van der Waals surface area contributed by atoms with Gasteiger partial charge in [-0.15, -0.1) is 0 Å². The third kappa shape index (κ3) is 2.78. The molecule has 0 bridgehead atoms. The van der Waals surface area contributed by atoms with Crippen molar-refractivity contribution in [3.05, 3.63) is 58.4 Å². The predicted molar refractivity (Wildman–Crippen MR) is 102 cm³/mol. The van der Waals surface area contributed by atoms with Gasteiger partial charge in [-0.1, -0.05) is 26.0 Å². The van der Waals surface area contributed by atoms with E-state index in [4.69, 9.17) is 4.74 Å². The summed E-state index contributed by atoms with van der Waals surface area (Å²) in [5.41, 5.74) is 3.04. The minimum Gasteiger partial charge on any atom is -0.465 e. The number of carbonyl (C=O) groups is 2. The molecule has 0 saturated carbocycles. The molecule has 2 heterocycles. The molecule has 4 rings (SSSR count). The van der Waals surface area contributed by atoms with Gasteiger partial charge in [-0.05, 0) is 29.5 Å². The second-order valence-electron chi connectivity index (χ2n) is 7.94. The summed E-state index contributed by atoms with van der Waals surface area (Å²) in [6, 6.07) is 8.67. The number of anilines is 1. The molecule has 7 heteroatoms. The van der Waals surface area contributed by atoms with Crippen LogP contribution in [0.3, 0.4) is 0 Å². The summed E-state index contributed by atoms with van der Waals surface area (Å²) < 4.78 is 6.44. The number of nitrogens with zero attached hydrogens (tertiary/aromatic N) is 3. The van der Waals surface area contributed by atoms with E-state index in [2.05, 4.69) is 30.3 Å². The molecule has 0 amide bonds. The Morgan fingerprint density at radius 3 is 2.68 bits per heavy atom. The van der Waals surface area contributed by atoms with Crippen LogP contribution < -0.4 is 5.32 Å². The number of hydrogen-bond acceptors (Lipinski definition) is 6. The zero-order valence-electron chi connectivity index (χ0n) is 15.9. The molecule has 1 aliphatic heterocycles. The lowest BCUT2D eigenvalue weighted by molar-refractivity contribution is -0.118. The fourth-order valence-corrected chi connectivity index (χ4v) is 4.02. The number of methoxy groups -OCH3 is 1. The summed E-state index contributed by atoms with van der Waals surface area (Å²) in [5.74, 6) is 0.244. The van der Waals surface area contributed by atoms with Gasteiger partial charge in [0.05, 0.1) is 18.9 Å². The van der Waals surface area contributed by atoms with E-state index < -0.39 is 12.0 Å². The van der Waals surface area contributed by atoms with Crippen LogP contribution in [0.2, 0.25) is 0 Å². The van der Waals surface area contributed by atoms with Crippen molar-refractivity contribution in [2.75, 3.05) is 12.4 Å². The molecule has 1 aromatic heterocycles. The fraction of sp³-hybridized carbons (Fsp3) is 0.333. The van der Waals surface area contributed by atoms with Gasteiger partial charge in [0, 0.05) is 17.7 Å². The summed E-state index contributed by atoms with van der Waals surface area (Å²) in [5, 5.41) is 17.1. The van der Waals surface area contributed by atoms with E-state index in [1.54, 1.807) is 28.9 Å². The number of benzene rings is 1. The van der Waals surface area contributed by atoms with Crippen LogP contribution in [0.15, 0.2) is 41.7 Å². The van der Waals surface area contributed by atoms with Gasteiger partial charge in [-0.2, -0.15) is 10.4 Å². The van der Waals surface area contributed by atoms with Crippen molar-refractivity contribution in [3.8, 4) is 6.07 Å².